The first-order valence-electron chi connectivity index (χ1n) is 10.6. The minimum Gasteiger partial charge on any atom is -0.360 e. The summed E-state index contributed by atoms with van der Waals surface area (Å²) in [4.78, 5) is 15.3. The quantitative estimate of drug-likeness (QED) is 0.792. The summed E-state index contributed by atoms with van der Waals surface area (Å²) in [6, 6.07) is 12.6. The zero-order valence-corrected chi connectivity index (χ0v) is 18.4. The van der Waals surface area contributed by atoms with Crippen LogP contribution in [0.3, 0.4) is 0 Å². The normalized spacial score (nSPS) is 18.1. The van der Waals surface area contributed by atoms with Gasteiger partial charge in [0.05, 0.1) is 4.90 Å². The van der Waals surface area contributed by atoms with Crippen molar-refractivity contribution in [3.63, 3.8) is 0 Å². The molecule has 2 aromatic rings. The average Bonchev–Trinajstić information content (AvgIpc) is 3.29. The SMILES string of the molecule is Cc1ccc2c(c1)CCCN2[C@@H](C)C(=O)Nc1ccc(S(=O)(=O)N2CCCC2)cc1. The fourth-order valence-corrected chi connectivity index (χ4v) is 5.85. The van der Waals surface area contributed by atoms with Gasteiger partial charge in [0.15, 0.2) is 0 Å². The van der Waals surface area contributed by atoms with Crippen LogP contribution < -0.4 is 10.2 Å². The highest BCUT2D eigenvalue weighted by molar-refractivity contribution is 7.89. The Morgan fingerprint density at radius 1 is 1.00 bits per heavy atom. The monoisotopic (exact) mass is 427 g/mol. The molecule has 1 N–H and O–H groups in total. The molecule has 1 saturated heterocycles. The number of aryl methyl sites for hydroxylation is 2. The van der Waals surface area contributed by atoms with E-state index in [9.17, 15) is 13.2 Å². The number of sulfonamides is 1. The third-order valence-electron chi connectivity index (χ3n) is 6.06. The molecule has 1 amide bonds. The topological polar surface area (TPSA) is 69.7 Å². The summed E-state index contributed by atoms with van der Waals surface area (Å²) in [7, 11) is -3.44. The number of anilines is 2. The van der Waals surface area contributed by atoms with Crippen LogP contribution in [0.4, 0.5) is 11.4 Å². The van der Waals surface area contributed by atoms with Crippen LogP contribution in [0.1, 0.15) is 37.3 Å². The van der Waals surface area contributed by atoms with Crippen molar-refractivity contribution in [3.8, 4) is 0 Å². The van der Waals surface area contributed by atoms with Crippen molar-refractivity contribution in [2.45, 2.75) is 50.5 Å². The summed E-state index contributed by atoms with van der Waals surface area (Å²) in [6.07, 6.45) is 3.88. The fourth-order valence-electron chi connectivity index (χ4n) is 4.33. The Morgan fingerprint density at radius 3 is 2.40 bits per heavy atom. The zero-order chi connectivity index (χ0) is 21.3. The number of carbonyl (C=O) groups excluding carboxylic acids is 1. The summed E-state index contributed by atoms with van der Waals surface area (Å²) >= 11 is 0. The van der Waals surface area contributed by atoms with Crippen molar-refractivity contribution >= 4 is 27.3 Å². The second kappa shape index (κ2) is 8.40. The predicted molar refractivity (Wildman–Crippen MR) is 119 cm³/mol. The maximum atomic E-state index is 12.9. The van der Waals surface area contributed by atoms with E-state index < -0.39 is 10.0 Å². The summed E-state index contributed by atoms with van der Waals surface area (Å²) in [5, 5.41) is 2.94. The molecule has 1 fully saturated rings. The largest absolute Gasteiger partial charge is 0.360 e. The van der Waals surface area contributed by atoms with Crippen molar-refractivity contribution in [3.05, 3.63) is 53.6 Å². The molecule has 30 heavy (non-hydrogen) atoms. The van der Waals surface area contributed by atoms with E-state index in [4.69, 9.17) is 0 Å². The van der Waals surface area contributed by atoms with Crippen LogP contribution in [0, 0.1) is 6.92 Å². The summed E-state index contributed by atoms with van der Waals surface area (Å²) in [6.45, 7) is 6.00. The van der Waals surface area contributed by atoms with Gasteiger partial charge in [0.25, 0.3) is 0 Å². The Bertz CT molecular complexity index is 1030. The predicted octanol–water partition coefficient (Wildman–Crippen LogP) is 3.56. The summed E-state index contributed by atoms with van der Waals surface area (Å²) in [5.41, 5.74) is 4.25. The molecule has 2 heterocycles. The standard InChI is InChI=1S/C23H29N3O3S/c1-17-7-12-22-19(16-17)6-5-15-26(22)18(2)23(27)24-20-8-10-21(11-9-20)30(28,29)25-13-3-4-14-25/h7-12,16,18H,3-6,13-15H2,1-2H3,(H,24,27)/t18-/m0/s1. The third kappa shape index (κ3) is 4.09. The molecule has 2 aliphatic heterocycles. The molecule has 0 aromatic heterocycles. The van der Waals surface area contributed by atoms with E-state index in [1.807, 2.05) is 6.92 Å². The van der Waals surface area contributed by atoms with E-state index >= 15 is 0 Å². The molecule has 7 heteroatoms. The Balaban J connectivity index is 1.45. The zero-order valence-electron chi connectivity index (χ0n) is 17.6. The van der Waals surface area contributed by atoms with Gasteiger partial charge in [0.2, 0.25) is 15.9 Å². The van der Waals surface area contributed by atoms with Crippen molar-refractivity contribution in [2.75, 3.05) is 29.9 Å². The van der Waals surface area contributed by atoms with E-state index in [1.165, 1.54) is 15.4 Å². The molecule has 0 radical (unpaired) electrons. The minimum atomic E-state index is -3.44. The molecule has 160 valence electrons. The maximum Gasteiger partial charge on any atom is 0.246 e. The van der Waals surface area contributed by atoms with Crippen molar-refractivity contribution < 1.29 is 13.2 Å². The average molecular weight is 428 g/mol. The lowest BCUT2D eigenvalue weighted by Crippen LogP contribution is -2.44. The van der Waals surface area contributed by atoms with Gasteiger partial charge in [-0.25, -0.2) is 8.42 Å². The summed E-state index contributed by atoms with van der Waals surface area (Å²) < 4.78 is 26.8. The number of benzene rings is 2. The van der Waals surface area contributed by atoms with Gasteiger partial charge in [-0.3, -0.25) is 4.79 Å². The first-order valence-corrected chi connectivity index (χ1v) is 12.1. The van der Waals surface area contributed by atoms with Crippen LogP contribution in [0.15, 0.2) is 47.4 Å². The molecule has 2 aliphatic rings. The first kappa shape index (κ1) is 20.9. The Kier molecular flexibility index (Phi) is 5.84. The molecule has 0 spiro atoms. The van der Waals surface area contributed by atoms with Gasteiger partial charge in [-0.1, -0.05) is 17.7 Å². The van der Waals surface area contributed by atoms with E-state index in [-0.39, 0.29) is 16.8 Å². The molecule has 0 saturated carbocycles. The number of nitrogens with one attached hydrogen (secondary N) is 1. The Labute approximate surface area is 178 Å². The number of fused-ring (bicyclic) bond motifs is 1. The molecule has 0 unspecified atom stereocenters. The Morgan fingerprint density at radius 2 is 1.70 bits per heavy atom. The molecule has 4 rings (SSSR count). The minimum absolute atomic E-state index is 0.0985. The number of nitrogens with zero attached hydrogens (tertiary/aromatic N) is 2. The lowest BCUT2D eigenvalue weighted by atomic mass is 9.98. The van der Waals surface area contributed by atoms with Gasteiger partial charge >= 0.3 is 0 Å². The number of hydrogen-bond donors (Lipinski definition) is 1. The van der Waals surface area contributed by atoms with Gasteiger partial charge in [-0.15, -0.1) is 0 Å². The fraction of sp³-hybridized carbons (Fsp3) is 0.435. The molecule has 0 bridgehead atoms. The second-order valence-corrected chi connectivity index (χ2v) is 10.2. The lowest BCUT2D eigenvalue weighted by Gasteiger charge is -2.35. The highest BCUT2D eigenvalue weighted by atomic mass is 32.2. The van der Waals surface area contributed by atoms with Gasteiger partial charge in [-0.05, 0) is 75.4 Å². The second-order valence-electron chi connectivity index (χ2n) is 8.23. The van der Waals surface area contributed by atoms with Gasteiger partial charge in [0, 0.05) is 31.0 Å². The summed E-state index contributed by atoms with van der Waals surface area (Å²) in [5.74, 6) is -0.0985. The highest BCUT2D eigenvalue weighted by Crippen LogP contribution is 2.30. The van der Waals surface area contributed by atoms with Gasteiger partial charge < -0.3 is 10.2 Å². The van der Waals surface area contributed by atoms with Crippen LogP contribution in [0.25, 0.3) is 0 Å². The smallest absolute Gasteiger partial charge is 0.246 e. The van der Waals surface area contributed by atoms with Crippen molar-refractivity contribution in [1.29, 1.82) is 0 Å². The van der Waals surface area contributed by atoms with Gasteiger partial charge in [0.1, 0.15) is 6.04 Å². The van der Waals surface area contributed by atoms with Crippen molar-refractivity contribution in [2.24, 2.45) is 0 Å². The number of rotatable bonds is 5. The number of amides is 1. The van der Waals surface area contributed by atoms with Crippen molar-refractivity contribution in [1.82, 2.24) is 4.31 Å². The van der Waals surface area contributed by atoms with E-state index in [0.717, 1.165) is 37.9 Å². The molecular weight excluding hydrogens is 398 g/mol. The van der Waals surface area contributed by atoms with Crippen LogP contribution >= 0.6 is 0 Å². The molecule has 0 aliphatic carbocycles. The molecule has 6 nitrogen and oxygen atoms in total. The molecule has 2 aromatic carbocycles. The molecule has 1 atom stereocenters. The van der Waals surface area contributed by atoms with Crippen LogP contribution in [0.2, 0.25) is 0 Å². The van der Waals surface area contributed by atoms with E-state index in [0.29, 0.717) is 18.8 Å². The lowest BCUT2D eigenvalue weighted by molar-refractivity contribution is -0.117. The van der Waals surface area contributed by atoms with Crippen LogP contribution in [-0.2, 0) is 21.2 Å². The maximum absolute atomic E-state index is 12.9. The van der Waals surface area contributed by atoms with E-state index in [1.54, 1.807) is 24.3 Å². The molecular formula is C23H29N3O3S. The van der Waals surface area contributed by atoms with Crippen LogP contribution in [-0.4, -0.2) is 44.3 Å². The Hall–Kier alpha value is -2.38. The number of carbonyl (C=O) groups is 1. The highest BCUT2D eigenvalue weighted by Gasteiger charge is 2.28. The van der Waals surface area contributed by atoms with Gasteiger partial charge in [-0.2, -0.15) is 4.31 Å². The first-order chi connectivity index (χ1) is 14.4. The van der Waals surface area contributed by atoms with Crippen LogP contribution in [0.5, 0.6) is 0 Å². The third-order valence-corrected chi connectivity index (χ3v) is 7.97. The number of hydrogen-bond acceptors (Lipinski definition) is 4. The van der Waals surface area contributed by atoms with E-state index in [2.05, 4.69) is 35.3 Å².